The minimum atomic E-state index is -0.465. The van der Waals surface area contributed by atoms with Crippen molar-refractivity contribution in [1.29, 1.82) is 5.26 Å². The topological polar surface area (TPSA) is 61.8 Å². The number of hydrogen-bond donors (Lipinski definition) is 2. The van der Waals surface area contributed by atoms with Crippen molar-refractivity contribution in [3.63, 3.8) is 0 Å². The van der Waals surface area contributed by atoms with E-state index in [1.807, 2.05) is 25.1 Å². The molecule has 0 amide bonds. The molecule has 2 rings (SSSR count). The molecule has 0 aliphatic rings. The van der Waals surface area contributed by atoms with E-state index in [1.165, 1.54) is 12.1 Å². The van der Waals surface area contributed by atoms with Gasteiger partial charge in [-0.25, -0.2) is 4.39 Å². The van der Waals surface area contributed by atoms with E-state index >= 15 is 0 Å². The van der Waals surface area contributed by atoms with Crippen LogP contribution in [0, 0.1) is 24.1 Å². The molecule has 0 bridgehead atoms. The molecule has 2 aromatic rings. The van der Waals surface area contributed by atoms with Gasteiger partial charge in [0.1, 0.15) is 5.82 Å². The lowest BCUT2D eigenvalue weighted by Gasteiger charge is -2.09. The Labute approximate surface area is 105 Å². The van der Waals surface area contributed by atoms with Crippen molar-refractivity contribution in [3.8, 4) is 6.07 Å². The third-order valence-electron chi connectivity index (χ3n) is 2.66. The summed E-state index contributed by atoms with van der Waals surface area (Å²) in [5.74, 6) is -0.465. The third-order valence-corrected chi connectivity index (χ3v) is 2.66. The Kier molecular flexibility index (Phi) is 3.16. The highest BCUT2D eigenvalue weighted by atomic mass is 19.1. The summed E-state index contributed by atoms with van der Waals surface area (Å²) < 4.78 is 13.7. The largest absolute Gasteiger partial charge is 0.398 e. The van der Waals surface area contributed by atoms with Gasteiger partial charge in [0.05, 0.1) is 17.3 Å². The molecule has 0 atom stereocenters. The Balaban J connectivity index is 2.29. The number of nitrogen functional groups attached to an aromatic ring is 1. The summed E-state index contributed by atoms with van der Waals surface area (Å²) in [5.41, 5.74) is 8.72. The maximum Gasteiger partial charge on any atom is 0.147 e. The molecule has 3 N–H and O–H groups in total. The SMILES string of the molecule is Cc1ccc(Nc2ccc(C#N)cc2F)cc1N. The highest BCUT2D eigenvalue weighted by Gasteiger charge is 2.04. The third kappa shape index (κ3) is 2.41. The van der Waals surface area contributed by atoms with Gasteiger partial charge >= 0.3 is 0 Å². The Hall–Kier alpha value is -2.54. The predicted molar refractivity (Wildman–Crippen MR) is 70.0 cm³/mol. The van der Waals surface area contributed by atoms with E-state index in [2.05, 4.69) is 5.32 Å². The van der Waals surface area contributed by atoms with Crippen LogP contribution in [-0.2, 0) is 0 Å². The molecule has 0 aliphatic heterocycles. The zero-order valence-electron chi connectivity index (χ0n) is 9.87. The molecule has 0 saturated carbocycles. The maximum absolute atomic E-state index is 13.7. The lowest BCUT2D eigenvalue weighted by atomic mass is 10.1. The molecule has 0 radical (unpaired) electrons. The fraction of sp³-hybridized carbons (Fsp3) is 0.0714. The van der Waals surface area contributed by atoms with Gasteiger partial charge in [0, 0.05) is 11.4 Å². The van der Waals surface area contributed by atoms with Crippen molar-refractivity contribution in [3.05, 3.63) is 53.3 Å². The minimum Gasteiger partial charge on any atom is -0.398 e. The highest BCUT2D eigenvalue weighted by Crippen LogP contribution is 2.23. The standard InChI is InChI=1S/C14H12FN3/c1-9-2-4-11(7-13(9)17)18-14-5-3-10(8-16)6-12(14)15/h2-7,18H,17H2,1H3. The molecule has 0 aliphatic carbocycles. The summed E-state index contributed by atoms with van der Waals surface area (Å²) >= 11 is 0. The molecule has 90 valence electrons. The Bertz CT molecular complexity index is 629. The Morgan fingerprint density at radius 2 is 2.00 bits per heavy atom. The first-order valence-electron chi connectivity index (χ1n) is 5.43. The van der Waals surface area contributed by atoms with E-state index in [1.54, 1.807) is 12.1 Å². The van der Waals surface area contributed by atoms with E-state index in [4.69, 9.17) is 11.0 Å². The van der Waals surface area contributed by atoms with Gasteiger partial charge in [-0.05, 0) is 42.8 Å². The zero-order chi connectivity index (χ0) is 13.1. The molecule has 18 heavy (non-hydrogen) atoms. The van der Waals surface area contributed by atoms with Crippen LogP contribution in [0.2, 0.25) is 0 Å². The average Bonchev–Trinajstić information content (AvgIpc) is 2.36. The summed E-state index contributed by atoms with van der Waals surface area (Å²) in [7, 11) is 0. The number of nitrogens with two attached hydrogens (primary N) is 1. The molecule has 0 aromatic heterocycles. The summed E-state index contributed by atoms with van der Waals surface area (Å²) in [6, 6.07) is 11.6. The van der Waals surface area contributed by atoms with E-state index < -0.39 is 5.82 Å². The van der Waals surface area contributed by atoms with Crippen molar-refractivity contribution >= 4 is 17.1 Å². The predicted octanol–water partition coefficient (Wildman–Crippen LogP) is 3.33. The van der Waals surface area contributed by atoms with Crippen LogP contribution in [0.25, 0.3) is 0 Å². The molecule has 0 saturated heterocycles. The van der Waals surface area contributed by atoms with Crippen molar-refractivity contribution in [1.82, 2.24) is 0 Å². The number of nitrogens with zero attached hydrogens (tertiary/aromatic N) is 1. The molecule has 4 heteroatoms. The fourth-order valence-electron chi connectivity index (χ4n) is 1.56. The number of halogens is 1. The smallest absolute Gasteiger partial charge is 0.147 e. The maximum atomic E-state index is 13.7. The second-order valence-electron chi connectivity index (χ2n) is 4.00. The van der Waals surface area contributed by atoms with E-state index in [0.717, 1.165) is 5.56 Å². The monoisotopic (exact) mass is 241 g/mol. The molecule has 0 fully saturated rings. The number of anilines is 3. The number of rotatable bonds is 2. The first kappa shape index (κ1) is 11.9. The van der Waals surface area contributed by atoms with E-state index in [0.29, 0.717) is 22.6 Å². The zero-order valence-corrected chi connectivity index (χ0v) is 9.87. The van der Waals surface area contributed by atoms with Crippen LogP contribution >= 0.6 is 0 Å². The second-order valence-corrected chi connectivity index (χ2v) is 4.00. The van der Waals surface area contributed by atoms with Gasteiger partial charge in [-0.2, -0.15) is 5.26 Å². The first-order chi connectivity index (χ1) is 8.60. The summed E-state index contributed by atoms with van der Waals surface area (Å²) in [6.07, 6.45) is 0. The number of benzene rings is 2. The Morgan fingerprint density at radius 1 is 1.22 bits per heavy atom. The Morgan fingerprint density at radius 3 is 2.61 bits per heavy atom. The van der Waals surface area contributed by atoms with Gasteiger partial charge in [0.2, 0.25) is 0 Å². The quantitative estimate of drug-likeness (QED) is 0.793. The molecule has 2 aromatic carbocycles. The van der Waals surface area contributed by atoms with Crippen LogP contribution in [0.4, 0.5) is 21.5 Å². The molecular formula is C14H12FN3. The highest BCUT2D eigenvalue weighted by molar-refractivity contribution is 5.66. The lowest BCUT2D eigenvalue weighted by Crippen LogP contribution is -1.96. The van der Waals surface area contributed by atoms with Crippen molar-refractivity contribution < 1.29 is 4.39 Å². The summed E-state index contributed by atoms with van der Waals surface area (Å²) in [5, 5.41) is 11.6. The first-order valence-corrected chi connectivity index (χ1v) is 5.43. The summed E-state index contributed by atoms with van der Waals surface area (Å²) in [4.78, 5) is 0. The average molecular weight is 241 g/mol. The second kappa shape index (κ2) is 4.76. The van der Waals surface area contributed by atoms with Gasteiger partial charge < -0.3 is 11.1 Å². The molecule has 0 unspecified atom stereocenters. The van der Waals surface area contributed by atoms with Gasteiger partial charge in [-0.1, -0.05) is 6.07 Å². The van der Waals surface area contributed by atoms with E-state index in [-0.39, 0.29) is 0 Å². The van der Waals surface area contributed by atoms with Crippen LogP contribution < -0.4 is 11.1 Å². The van der Waals surface area contributed by atoms with Gasteiger partial charge in [-0.3, -0.25) is 0 Å². The fourth-order valence-corrected chi connectivity index (χ4v) is 1.56. The normalized spacial score (nSPS) is 9.83. The van der Waals surface area contributed by atoms with Crippen LogP contribution in [0.1, 0.15) is 11.1 Å². The molecular weight excluding hydrogens is 229 g/mol. The van der Waals surface area contributed by atoms with Crippen molar-refractivity contribution in [2.75, 3.05) is 11.1 Å². The van der Waals surface area contributed by atoms with Crippen molar-refractivity contribution in [2.45, 2.75) is 6.92 Å². The number of hydrogen-bond acceptors (Lipinski definition) is 3. The van der Waals surface area contributed by atoms with Crippen LogP contribution in [0.5, 0.6) is 0 Å². The lowest BCUT2D eigenvalue weighted by molar-refractivity contribution is 0.631. The van der Waals surface area contributed by atoms with Gasteiger partial charge in [-0.15, -0.1) is 0 Å². The minimum absolute atomic E-state index is 0.293. The summed E-state index contributed by atoms with van der Waals surface area (Å²) in [6.45, 7) is 1.90. The van der Waals surface area contributed by atoms with Gasteiger partial charge in [0.25, 0.3) is 0 Å². The van der Waals surface area contributed by atoms with Crippen molar-refractivity contribution in [2.24, 2.45) is 0 Å². The number of aryl methyl sites for hydroxylation is 1. The van der Waals surface area contributed by atoms with Gasteiger partial charge in [0.15, 0.2) is 0 Å². The van der Waals surface area contributed by atoms with Crippen LogP contribution in [-0.4, -0.2) is 0 Å². The van der Waals surface area contributed by atoms with E-state index in [9.17, 15) is 4.39 Å². The van der Waals surface area contributed by atoms with Crippen LogP contribution in [0.3, 0.4) is 0 Å². The molecule has 3 nitrogen and oxygen atoms in total. The van der Waals surface area contributed by atoms with Crippen LogP contribution in [0.15, 0.2) is 36.4 Å². The number of nitriles is 1. The number of nitrogens with one attached hydrogen (secondary N) is 1. The molecule has 0 heterocycles. The molecule has 0 spiro atoms.